The molecule has 0 saturated heterocycles. The number of hydrogen-bond acceptors (Lipinski definition) is 13. The van der Waals surface area contributed by atoms with E-state index in [4.69, 9.17) is 37.9 Å². The Labute approximate surface area is 385 Å². The molecule has 5 rings (SSSR count). The highest BCUT2D eigenvalue weighted by Gasteiger charge is 2.30. The minimum atomic E-state index is -4.51. The molecule has 0 radical (unpaired) electrons. The highest BCUT2D eigenvalue weighted by Crippen LogP contribution is 2.29. The highest BCUT2D eigenvalue weighted by atomic mass is 35.5. The predicted molar refractivity (Wildman–Crippen MR) is 233 cm³/mol. The average molecular weight is 959 g/mol. The number of pyridine rings is 3. The number of carbonyl (C=O) groups excluding carboxylic acids is 5. The van der Waals surface area contributed by atoms with Gasteiger partial charge in [0.05, 0.1) is 30.4 Å². The van der Waals surface area contributed by atoms with Crippen LogP contribution in [0.3, 0.4) is 0 Å². The van der Waals surface area contributed by atoms with E-state index >= 15 is 0 Å². The Morgan fingerprint density at radius 3 is 1.55 bits per heavy atom. The van der Waals surface area contributed by atoms with Crippen LogP contribution < -0.4 is 26.8 Å². The quantitative estimate of drug-likeness (QED) is 0.0370. The first-order valence-corrected chi connectivity index (χ1v) is 19.8. The molecular weight excluding hydrogens is 917 g/mol. The van der Waals surface area contributed by atoms with Crippen molar-refractivity contribution < 1.29 is 51.0 Å². The van der Waals surface area contributed by atoms with Gasteiger partial charge in [0.25, 0.3) is 0 Å². The molecular formula is C42H41Cl2F4N11O7. The summed E-state index contributed by atoms with van der Waals surface area (Å²) in [7, 11) is 0. The normalized spacial score (nSPS) is 10.3. The van der Waals surface area contributed by atoms with Gasteiger partial charge in [0, 0.05) is 49.4 Å². The number of amides is 5. The molecule has 0 fully saturated rings. The van der Waals surface area contributed by atoms with E-state index in [1.54, 1.807) is 36.4 Å². The summed E-state index contributed by atoms with van der Waals surface area (Å²) in [5.74, 6) is -0.531. The van der Waals surface area contributed by atoms with E-state index in [0.29, 0.717) is 47.1 Å². The maximum Gasteiger partial charge on any atom is 0.417 e. The number of hydrogen-bond donors (Lipinski definition) is 5. The molecule has 66 heavy (non-hydrogen) atoms. The largest absolute Gasteiger partial charge is 0.447 e. The second-order valence-electron chi connectivity index (χ2n) is 12.8. The number of benzene rings is 2. The summed E-state index contributed by atoms with van der Waals surface area (Å²) in [5.41, 5.74) is 6.99. The fourth-order valence-electron chi connectivity index (χ4n) is 4.77. The SMILES string of the molecule is CC(=O)N(CCOC(=O)Nc1ccc(C(F)(F)F)cn1)NCc1ccccc1Cl.CC(=O)N(CCOC(=O)Nc1ccc(F)cn1)NCc1ccccc1Cl.N#Cc1ccc(NC=O)nc1. The second kappa shape index (κ2) is 27.7. The zero-order valence-electron chi connectivity index (χ0n) is 34.9. The number of ether oxygens (including phenoxy) is 2. The lowest BCUT2D eigenvalue weighted by Crippen LogP contribution is -2.43. The molecule has 18 nitrogen and oxygen atoms in total. The summed E-state index contributed by atoms with van der Waals surface area (Å²) in [6, 6.07) is 23.7. The molecule has 5 aromatic rings. The second-order valence-corrected chi connectivity index (χ2v) is 13.6. The molecule has 348 valence electrons. The molecule has 0 aliphatic heterocycles. The smallest absolute Gasteiger partial charge is 0.417 e. The molecule has 3 heterocycles. The number of anilines is 3. The van der Waals surface area contributed by atoms with Gasteiger partial charge in [-0.2, -0.15) is 18.4 Å². The average Bonchev–Trinajstić information content (AvgIpc) is 3.28. The van der Waals surface area contributed by atoms with Crippen LogP contribution in [0, 0.1) is 17.1 Å². The van der Waals surface area contributed by atoms with Crippen LogP contribution in [0.2, 0.25) is 10.0 Å². The van der Waals surface area contributed by atoms with E-state index in [1.165, 1.54) is 42.2 Å². The van der Waals surface area contributed by atoms with Crippen molar-refractivity contribution in [1.29, 1.82) is 5.26 Å². The summed E-state index contributed by atoms with van der Waals surface area (Å²) in [4.78, 5) is 67.7. The zero-order valence-corrected chi connectivity index (χ0v) is 36.5. The predicted octanol–water partition coefficient (Wildman–Crippen LogP) is 7.35. The first-order valence-electron chi connectivity index (χ1n) is 19.1. The topological polar surface area (TPSA) is 233 Å². The summed E-state index contributed by atoms with van der Waals surface area (Å²) >= 11 is 12.1. The highest BCUT2D eigenvalue weighted by molar-refractivity contribution is 6.31. The molecule has 0 spiro atoms. The third kappa shape index (κ3) is 19.9. The monoisotopic (exact) mass is 957 g/mol. The van der Waals surface area contributed by atoms with E-state index in [-0.39, 0.29) is 49.8 Å². The minimum absolute atomic E-state index is 0.0396. The van der Waals surface area contributed by atoms with E-state index in [2.05, 4.69) is 41.8 Å². The Bertz CT molecular complexity index is 2400. The summed E-state index contributed by atoms with van der Waals surface area (Å²) < 4.78 is 60.1. The minimum Gasteiger partial charge on any atom is -0.447 e. The summed E-state index contributed by atoms with van der Waals surface area (Å²) in [6.45, 7) is 3.38. The van der Waals surface area contributed by atoms with Crippen molar-refractivity contribution >= 4 is 71.1 Å². The molecule has 24 heteroatoms. The lowest BCUT2D eigenvalue weighted by Gasteiger charge is -2.22. The van der Waals surface area contributed by atoms with Crippen LogP contribution in [0.15, 0.2) is 104 Å². The van der Waals surface area contributed by atoms with Gasteiger partial charge in [-0.25, -0.2) is 39.8 Å². The fraction of sp³-hybridized carbons (Fsp3) is 0.214. The van der Waals surface area contributed by atoms with E-state index in [1.807, 2.05) is 30.3 Å². The van der Waals surface area contributed by atoms with Crippen molar-refractivity contribution in [2.45, 2.75) is 33.1 Å². The number of halogens is 6. The molecule has 0 bridgehead atoms. The van der Waals surface area contributed by atoms with Crippen LogP contribution in [0.1, 0.15) is 36.1 Å². The van der Waals surface area contributed by atoms with Crippen LogP contribution in [-0.4, -0.2) is 81.7 Å². The Balaban J connectivity index is 0.000000287. The van der Waals surface area contributed by atoms with Crippen molar-refractivity contribution in [3.05, 3.63) is 142 Å². The molecule has 0 saturated carbocycles. The Morgan fingerprint density at radius 2 is 1.17 bits per heavy atom. The molecule has 0 atom stereocenters. The third-order valence-corrected chi connectivity index (χ3v) is 8.81. The third-order valence-electron chi connectivity index (χ3n) is 8.07. The Kier molecular flexibility index (Phi) is 22.2. The standard InChI is InChI=1S/C18H18ClF3N4O3.C17H18ClFN4O3.C7H5N3O/c1-12(27)26(24-10-13-4-2-3-5-15(13)19)8-9-29-17(28)25-16-7-6-14(11-23-16)18(20,21)22;1-12(24)23(21-10-13-4-2-3-5-15(13)18)8-9-26-17(25)22-16-7-6-14(19)11-20-16;8-3-6-1-2-7(9-4-6)10-5-11/h2-7,11,24H,8-10H2,1H3,(H,23,25,28);2-7,11,21H,8-10H2,1H3,(H,20,22,25);1-2,4-5H,(H,9,10,11). The number of rotatable bonds is 16. The maximum atomic E-state index is 12.8. The molecule has 0 aliphatic rings. The van der Waals surface area contributed by atoms with Crippen molar-refractivity contribution in [2.24, 2.45) is 0 Å². The number of hydrazine groups is 2. The molecule has 5 N–H and O–H groups in total. The number of nitriles is 1. The van der Waals surface area contributed by atoms with Crippen molar-refractivity contribution in [3.63, 3.8) is 0 Å². The summed E-state index contributed by atoms with van der Waals surface area (Å²) in [6.07, 6.45) is -2.66. The molecule has 0 unspecified atom stereocenters. The van der Waals surface area contributed by atoms with Gasteiger partial charge < -0.3 is 14.8 Å². The zero-order chi connectivity index (χ0) is 48.5. The lowest BCUT2D eigenvalue weighted by atomic mass is 10.2. The van der Waals surface area contributed by atoms with E-state index in [0.717, 1.165) is 29.5 Å². The van der Waals surface area contributed by atoms with Crippen LogP contribution in [0.5, 0.6) is 0 Å². The number of alkyl halides is 3. The van der Waals surface area contributed by atoms with Gasteiger partial charge in [0.2, 0.25) is 18.2 Å². The fourth-order valence-corrected chi connectivity index (χ4v) is 5.18. The van der Waals surface area contributed by atoms with Gasteiger partial charge in [0.15, 0.2) is 0 Å². The van der Waals surface area contributed by atoms with Crippen molar-refractivity contribution in [2.75, 3.05) is 42.3 Å². The molecule has 0 aliphatic carbocycles. The van der Waals surface area contributed by atoms with Crippen LogP contribution in [0.25, 0.3) is 0 Å². The van der Waals surface area contributed by atoms with Gasteiger partial charge in [-0.05, 0) is 59.7 Å². The van der Waals surface area contributed by atoms with Gasteiger partial charge in [-0.1, -0.05) is 59.6 Å². The molecule has 5 amide bonds. The number of aromatic nitrogens is 3. The molecule has 3 aromatic heterocycles. The van der Waals surface area contributed by atoms with Crippen LogP contribution in [0.4, 0.5) is 44.6 Å². The van der Waals surface area contributed by atoms with Crippen LogP contribution in [-0.2, 0) is 43.1 Å². The Morgan fingerprint density at radius 1 is 0.697 bits per heavy atom. The Hall–Kier alpha value is -7.45. The number of carbonyl (C=O) groups is 5. The van der Waals surface area contributed by atoms with Gasteiger partial charge in [-0.15, -0.1) is 0 Å². The molecule has 2 aromatic carbocycles. The number of nitrogens with one attached hydrogen (secondary N) is 5. The van der Waals surface area contributed by atoms with Crippen molar-refractivity contribution in [3.8, 4) is 6.07 Å². The van der Waals surface area contributed by atoms with E-state index in [9.17, 15) is 41.5 Å². The lowest BCUT2D eigenvalue weighted by molar-refractivity contribution is -0.138. The van der Waals surface area contributed by atoms with Gasteiger partial charge in [-0.3, -0.25) is 35.0 Å². The van der Waals surface area contributed by atoms with E-state index < -0.39 is 29.7 Å². The van der Waals surface area contributed by atoms with Crippen molar-refractivity contribution in [1.82, 2.24) is 35.8 Å². The first-order chi connectivity index (χ1) is 31.5. The number of nitrogens with zero attached hydrogens (tertiary/aromatic N) is 6. The first kappa shape index (κ1) is 52.9. The maximum absolute atomic E-state index is 12.8. The summed E-state index contributed by atoms with van der Waals surface area (Å²) in [5, 5.41) is 19.0. The van der Waals surface area contributed by atoms with Gasteiger partial charge in [0.1, 0.15) is 42.6 Å². The van der Waals surface area contributed by atoms with Crippen LogP contribution >= 0.6 is 23.2 Å². The van der Waals surface area contributed by atoms with Gasteiger partial charge >= 0.3 is 18.4 Å².